The Hall–Kier alpha value is -0.830. The highest BCUT2D eigenvalue weighted by Gasteiger charge is 2.26. The Morgan fingerprint density at radius 2 is 2.21 bits per heavy atom. The molecule has 0 aromatic heterocycles. The van der Waals surface area contributed by atoms with Crippen LogP contribution in [0, 0.1) is 0 Å². The summed E-state index contributed by atoms with van der Waals surface area (Å²) in [4.78, 5) is 13.0. The number of hydrogen-bond donors (Lipinski definition) is 0. The fourth-order valence-electron chi connectivity index (χ4n) is 1.64. The molecule has 0 aliphatic carbocycles. The molecule has 0 aromatic rings. The summed E-state index contributed by atoms with van der Waals surface area (Å²) >= 11 is 0. The van der Waals surface area contributed by atoms with E-state index in [1.807, 2.05) is 0 Å². The van der Waals surface area contributed by atoms with Crippen molar-refractivity contribution in [2.45, 2.75) is 39.8 Å². The van der Waals surface area contributed by atoms with Crippen LogP contribution >= 0.6 is 0 Å². The number of carbonyl (C=O) groups excluding carboxylic acids is 1. The molecular formula is C11H19NO2. The van der Waals surface area contributed by atoms with E-state index in [1.165, 1.54) is 5.57 Å². The fourth-order valence-corrected chi connectivity index (χ4v) is 1.64. The molecule has 3 nitrogen and oxygen atoms in total. The van der Waals surface area contributed by atoms with E-state index >= 15 is 0 Å². The van der Waals surface area contributed by atoms with E-state index in [2.05, 4.69) is 19.9 Å². The molecule has 14 heavy (non-hydrogen) atoms. The molecule has 1 fully saturated rings. The van der Waals surface area contributed by atoms with Crippen molar-refractivity contribution in [3.05, 3.63) is 11.6 Å². The Balaban J connectivity index is 2.36. The van der Waals surface area contributed by atoms with Crippen LogP contribution in [0.4, 0.5) is 0 Å². The number of ether oxygens (including phenoxy) is 1. The van der Waals surface area contributed by atoms with Crippen LogP contribution in [0.1, 0.15) is 33.6 Å². The lowest BCUT2D eigenvalue weighted by molar-refractivity contribution is -0.133. The first-order chi connectivity index (χ1) is 6.61. The Morgan fingerprint density at radius 1 is 1.50 bits per heavy atom. The largest absolute Gasteiger partial charge is 0.356 e. The lowest BCUT2D eigenvalue weighted by Crippen LogP contribution is -2.34. The molecule has 1 atom stereocenters. The molecule has 0 radical (unpaired) electrons. The molecule has 0 bridgehead atoms. The van der Waals surface area contributed by atoms with E-state index in [0.29, 0.717) is 6.61 Å². The van der Waals surface area contributed by atoms with Gasteiger partial charge in [-0.05, 0) is 26.7 Å². The Kier molecular flexibility index (Phi) is 4.14. The highest BCUT2D eigenvalue weighted by Crippen LogP contribution is 2.15. The maximum Gasteiger partial charge on any atom is 0.221 e. The van der Waals surface area contributed by atoms with Gasteiger partial charge >= 0.3 is 0 Å². The van der Waals surface area contributed by atoms with Crippen LogP contribution < -0.4 is 0 Å². The summed E-state index contributed by atoms with van der Waals surface area (Å²) in [7, 11) is 0. The molecule has 0 aromatic carbocycles. The number of hydrogen-bond acceptors (Lipinski definition) is 2. The van der Waals surface area contributed by atoms with Gasteiger partial charge in [0.05, 0.1) is 6.61 Å². The highest BCUT2D eigenvalue weighted by atomic mass is 16.5. The number of amides is 1. The zero-order chi connectivity index (χ0) is 10.6. The first-order valence-electron chi connectivity index (χ1n) is 5.13. The van der Waals surface area contributed by atoms with E-state index in [9.17, 15) is 4.79 Å². The number of nitrogens with zero attached hydrogens (tertiary/aromatic N) is 1. The summed E-state index contributed by atoms with van der Waals surface area (Å²) in [5, 5.41) is 0. The SMILES string of the molecule is CC(=O)N1CCOC1CCC=C(C)C. The quantitative estimate of drug-likeness (QED) is 0.647. The first kappa shape index (κ1) is 11.2. The zero-order valence-corrected chi connectivity index (χ0v) is 9.25. The smallest absolute Gasteiger partial charge is 0.221 e. The predicted molar refractivity (Wildman–Crippen MR) is 55.8 cm³/mol. The van der Waals surface area contributed by atoms with Crippen LogP contribution in [0.15, 0.2) is 11.6 Å². The standard InChI is InChI=1S/C11H19NO2/c1-9(2)5-4-6-11-12(10(3)13)7-8-14-11/h5,11H,4,6-8H2,1-3H3. The first-order valence-corrected chi connectivity index (χ1v) is 5.13. The van der Waals surface area contributed by atoms with Crippen molar-refractivity contribution in [2.24, 2.45) is 0 Å². The molecule has 3 heteroatoms. The molecule has 80 valence electrons. The Morgan fingerprint density at radius 3 is 2.79 bits per heavy atom. The van der Waals surface area contributed by atoms with E-state index in [1.54, 1.807) is 11.8 Å². The van der Waals surface area contributed by atoms with Crippen molar-refractivity contribution in [1.82, 2.24) is 4.90 Å². The van der Waals surface area contributed by atoms with Crippen molar-refractivity contribution in [3.8, 4) is 0 Å². The van der Waals surface area contributed by atoms with Crippen LogP contribution in [-0.4, -0.2) is 30.2 Å². The van der Waals surface area contributed by atoms with Crippen LogP contribution in [0.3, 0.4) is 0 Å². The number of carbonyl (C=O) groups is 1. The summed E-state index contributed by atoms with van der Waals surface area (Å²) in [6, 6.07) is 0. The van der Waals surface area contributed by atoms with Gasteiger partial charge in [0.2, 0.25) is 5.91 Å². The van der Waals surface area contributed by atoms with Gasteiger partial charge in [0.15, 0.2) is 0 Å². The summed E-state index contributed by atoms with van der Waals surface area (Å²) < 4.78 is 5.48. The molecule has 1 rings (SSSR count). The zero-order valence-electron chi connectivity index (χ0n) is 9.25. The fraction of sp³-hybridized carbons (Fsp3) is 0.727. The minimum absolute atomic E-state index is 0.00287. The van der Waals surface area contributed by atoms with Gasteiger partial charge in [-0.3, -0.25) is 4.79 Å². The summed E-state index contributed by atoms with van der Waals surface area (Å²) in [5.74, 6) is 0.115. The summed E-state index contributed by atoms with van der Waals surface area (Å²) in [5.41, 5.74) is 1.32. The van der Waals surface area contributed by atoms with Gasteiger partial charge in [-0.2, -0.15) is 0 Å². The molecule has 0 spiro atoms. The van der Waals surface area contributed by atoms with Crippen molar-refractivity contribution < 1.29 is 9.53 Å². The van der Waals surface area contributed by atoms with Crippen LogP contribution in [-0.2, 0) is 9.53 Å². The minimum Gasteiger partial charge on any atom is -0.356 e. The van der Waals surface area contributed by atoms with Crippen molar-refractivity contribution >= 4 is 5.91 Å². The normalized spacial score (nSPS) is 21.1. The van der Waals surface area contributed by atoms with E-state index < -0.39 is 0 Å². The second kappa shape index (κ2) is 5.15. The van der Waals surface area contributed by atoms with Crippen LogP contribution in [0.25, 0.3) is 0 Å². The summed E-state index contributed by atoms with van der Waals surface area (Å²) in [6.45, 7) is 7.19. The molecule has 0 saturated carbocycles. The average molecular weight is 197 g/mol. The topological polar surface area (TPSA) is 29.5 Å². The molecule has 1 saturated heterocycles. The average Bonchev–Trinajstić information content (AvgIpc) is 2.51. The molecule has 1 amide bonds. The third-order valence-electron chi connectivity index (χ3n) is 2.36. The van der Waals surface area contributed by atoms with Crippen molar-refractivity contribution in [1.29, 1.82) is 0 Å². The molecule has 0 N–H and O–H groups in total. The maximum absolute atomic E-state index is 11.2. The summed E-state index contributed by atoms with van der Waals surface area (Å²) in [6.07, 6.45) is 4.07. The van der Waals surface area contributed by atoms with Gasteiger partial charge in [0.25, 0.3) is 0 Å². The van der Waals surface area contributed by atoms with Crippen LogP contribution in [0.2, 0.25) is 0 Å². The molecule has 1 heterocycles. The molecule has 1 unspecified atom stereocenters. The number of allylic oxidation sites excluding steroid dienone is 2. The second-order valence-corrected chi connectivity index (χ2v) is 3.90. The Labute approximate surface area is 85.7 Å². The van der Waals surface area contributed by atoms with E-state index in [4.69, 9.17) is 4.74 Å². The second-order valence-electron chi connectivity index (χ2n) is 3.90. The van der Waals surface area contributed by atoms with Gasteiger partial charge < -0.3 is 9.64 Å². The Bertz CT molecular complexity index is 231. The van der Waals surface area contributed by atoms with Crippen molar-refractivity contribution in [3.63, 3.8) is 0 Å². The minimum atomic E-state index is 0.00287. The van der Waals surface area contributed by atoms with Gasteiger partial charge in [-0.1, -0.05) is 11.6 Å². The van der Waals surface area contributed by atoms with Gasteiger partial charge in [0.1, 0.15) is 6.23 Å². The van der Waals surface area contributed by atoms with Crippen LogP contribution in [0.5, 0.6) is 0 Å². The van der Waals surface area contributed by atoms with E-state index in [-0.39, 0.29) is 12.1 Å². The van der Waals surface area contributed by atoms with E-state index in [0.717, 1.165) is 19.4 Å². The third-order valence-corrected chi connectivity index (χ3v) is 2.36. The van der Waals surface area contributed by atoms with Gasteiger partial charge in [-0.15, -0.1) is 0 Å². The third kappa shape index (κ3) is 3.14. The maximum atomic E-state index is 11.2. The predicted octanol–water partition coefficient (Wildman–Crippen LogP) is 1.94. The monoisotopic (exact) mass is 197 g/mol. The van der Waals surface area contributed by atoms with Crippen molar-refractivity contribution in [2.75, 3.05) is 13.2 Å². The van der Waals surface area contributed by atoms with Gasteiger partial charge in [-0.25, -0.2) is 0 Å². The highest BCUT2D eigenvalue weighted by molar-refractivity contribution is 5.73. The molecular weight excluding hydrogens is 178 g/mol. The molecule has 1 aliphatic rings. The van der Waals surface area contributed by atoms with Gasteiger partial charge in [0, 0.05) is 13.5 Å². The lowest BCUT2D eigenvalue weighted by atomic mass is 10.2. The lowest BCUT2D eigenvalue weighted by Gasteiger charge is -2.20. The number of rotatable bonds is 3. The molecule has 1 aliphatic heterocycles.